The molecular weight excluding hydrogens is 457 g/mol. The van der Waals surface area contributed by atoms with E-state index in [1.54, 1.807) is 31.2 Å². The second-order valence-corrected chi connectivity index (χ2v) is 8.47. The van der Waals surface area contributed by atoms with E-state index in [0.717, 1.165) is 11.6 Å². The van der Waals surface area contributed by atoms with Gasteiger partial charge in [-0.1, -0.05) is 60.1 Å². The molecule has 0 fully saturated rings. The maximum absolute atomic E-state index is 14.5. The molecule has 0 unspecified atom stereocenters. The Kier molecular flexibility index (Phi) is 5.42. The highest BCUT2D eigenvalue weighted by Crippen LogP contribution is 2.39. The van der Waals surface area contributed by atoms with Crippen LogP contribution in [0.15, 0.2) is 71.5 Å². The van der Waals surface area contributed by atoms with Crippen molar-refractivity contribution < 1.29 is 14.3 Å². The van der Waals surface area contributed by atoms with Crippen molar-refractivity contribution in [2.24, 2.45) is 0 Å². The third kappa shape index (κ3) is 3.64. The van der Waals surface area contributed by atoms with Crippen LogP contribution in [-0.2, 0) is 17.9 Å². The summed E-state index contributed by atoms with van der Waals surface area (Å²) in [7, 11) is 0. The lowest BCUT2D eigenvalue weighted by Crippen LogP contribution is -2.24. The van der Waals surface area contributed by atoms with Gasteiger partial charge in [-0.25, -0.2) is 9.07 Å². The van der Waals surface area contributed by atoms with Gasteiger partial charge in [-0.15, -0.1) is 0 Å². The summed E-state index contributed by atoms with van der Waals surface area (Å²) in [6.45, 7) is 1.64. The van der Waals surface area contributed by atoms with Gasteiger partial charge >= 0.3 is 5.97 Å². The average molecular weight is 476 g/mol. The Labute approximate surface area is 198 Å². The number of carboxylic acid groups (broad SMARTS) is 1. The molecule has 0 aliphatic rings. The second kappa shape index (κ2) is 8.43. The predicted octanol–water partition coefficient (Wildman–Crippen LogP) is 5.25. The molecule has 2 heterocycles. The molecule has 0 radical (unpaired) electrons. The molecule has 0 spiro atoms. The smallest absolute Gasteiger partial charge is 0.323 e. The van der Waals surface area contributed by atoms with Crippen LogP contribution in [0, 0.1) is 12.7 Å². The topological polar surface area (TPSA) is 77.1 Å². The van der Waals surface area contributed by atoms with Crippen LogP contribution < -0.4 is 5.56 Å². The third-order valence-corrected chi connectivity index (χ3v) is 6.20. The molecule has 0 bridgehead atoms. The summed E-state index contributed by atoms with van der Waals surface area (Å²) in [5.74, 6) is -1.60. The van der Waals surface area contributed by atoms with Crippen LogP contribution in [-0.4, -0.2) is 25.4 Å². The number of fused-ring (bicyclic) bond motifs is 2. The molecule has 5 rings (SSSR count). The Bertz CT molecular complexity index is 1640. The van der Waals surface area contributed by atoms with Crippen LogP contribution in [0.3, 0.4) is 0 Å². The first-order chi connectivity index (χ1) is 16.3. The zero-order valence-electron chi connectivity index (χ0n) is 18.1. The van der Waals surface area contributed by atoms with Crippen molar-refractivity contribution >= 4 is 39.2 Å². The monoisotopic (exact) mass is 475 g/mol. The molecular formula is C26H19ClFN3O3. The van der Waals surface area contributed by atoms with Gasteiger partial charge in [0.05, 0.1) is 22.5 Å². The van der Waals surface area contributed by atoms with Gasteiger partial charge < -0.3 is 9.67 Å². The Hall–Kier alpha value is -3.97. The fourth-order valence-corrected chi connectivity index (χ4v) is 4.75. The van der Waals surface area contributed by atoms with E-state index < -0.39 is 11.8 Å². The van der Waals surface area contributed by atoms with E-state index in [4.69, 9.17) is 16.7 Å². The van der Waals surface area contributed by atoms with Crippen LogP contribution in [0.5, 0.6) is 0 Å². The highest BCUT2D eigenvalue weighted by molar-refractivity contribution is 6.35. The molecule has 34 heavy (non-hydrogen) atoms. The van der Waals surface area contributed by atoms with Gasteiger partial charge in [0.2, 0.25) is 0 Å². The molecule has 8 heteroatoms. The first-order valence-electron chi connectivity index (χ1n) is 10.6. The first kappa shape index (κ1) is 21.9. The highest BCUT2D eigenvalue weighted by atomic mass is 35.5. The van der Waals surface area contributed by atoms with E-state index in [-0.39, 0.29) is 23.7 Å². The summed E-state index contributed by atoms with van der Waals surface area (Å²) in [4.78, 5) is 24.9. The van der Waals surface area contributed by atoms with Gasteiger partial charge in [0.15, 0.2) is 0 Å². The number of hydrogen-bond acceptors (Lipinski definition) is 3. The van der Waals surface area contributed by atoms with Gasteiger partial charge in [0.25, 0.3) is 5.56 Å². The quantitative estimate of drug-likeness (QED) is 0.376. The Morgan fingerprint density at radius 1 is 1.03 bits per heavy atom. The zero-order chi connectivity index (χ0) is 24.0. The van der Waals surface area contributed by atoms with Crippen molar-refractivity contribution in [1.29, 1.82) is 0 Å². The minimum Gasteiger partial charge on any atom is -0.480 e. The fraction of sp³-hybridized carbons (Fsp3) is 0.115. The fourth-order valence-electron chi connectivity index (χ4n) is 4.44. The van der Waals surface area contributed by atoms with Crippen molar-refractivity contribution in [3.05, 3.63) is 99.2 Å². The van der Waals surface area contributed by atoms with Gasteiger partial charge in [0, 0.05) is 22.0 Å². The number of nitrogens with zero attached hydrogens (tertiary/aromatic N) is 3. The zero-order valence-corrected chi connectivity index (χ0v) is 18.9. The number of rotatable bonds is 5. The van der Waals surface area contributed by atoms with Crippen molar-refractivity contribution in [1.82, 2.24) is 14.3 Å². The Morgan fingerprint density at radius 3 is 2.41 bits per heavy atom. The van der Waals surface area contributed by atoms with Crippen molar-refractivity contribution in [2.75, 3.05) is 0 Å². The number of halogens is 2. The summed E-state index contributed by atoms with van der Waals surface area (Å²) in [6, 6.07) is 19.0. The van der Waals surface area contributed by atoms with Crippen LogP contribution in [0.4, 0.5) is 4.39 Å². The van der Waals surface area contributed by atoms with Crippen LogP contribution >= 0.6 is 11.6 Å². The summed E-state index contributed by atoms with van der Waals surface area (Å²) < 4.78 is 17.4. The van der Waals surface area contributed by atoms with Gasteiger partial charge in [-0.2, -0.15) is 5.10 Å². The summed E-state index contributed by atoms with van der Waals surface area (Å²) in [6.07, 6.45) is 0. The lowest BCUT2D eigenvalue weighted by Gasteiger charge is -2.12. The van der Waals surface area contributed by atoms with Crippen LogP contribution in [0.25, 0.3) is 32.9 Å². The second-order valence-electron chi connectivity index (χ2n) is 8.07. The van der Waals surface area contributed by atoms with Gasteiger partial charge in [-0.3, -0.25) is 9.59 Å². The number of aliphatic carboxylic acids is 1. The molecule has 170 valence electrons. The van der Waals surface area contributed by atoms with Crippen molar-refractivity contribution in [3.8, 4) is 11.3 Å². The summed E-state index contributed by atoms with van der Waals surface area (Å²) >= 11 is 6.38. The van der Waals surface area contributed by atoms with E-state index in [1.165, 1.54) is 15.3 Å². The van der Waals surface area contributed by atoms with Crippen molar-refractivity contribution in [3.63, 3.8) is 0 Å². The number of carbonyl (C=O) groups is 1. The van der Waals surface area contributed by atoms with Crippen molar-refractivity contribution in [2.45, 2.75) is 20.0 Å². The van der Waals surface area contributed by atoms with Crippen LogP contribution in [0.2, 0.25) is 5.02 Å². The molecule has 0 aliphatic heterocycles. The Balaban J connectivity index is 1.87. The summed E-state index contributed by atoms with van der Waals surface area (Å²) in [5, 5.41) is 15.8. The largest absolute Gasteiger partial charge is 0.480 e. The molecule has 6 nitrogen and oxygen atoms in total. The normalized spacial score (nSPS) is 11.4. The predicted molar refractivity (Wildman–Crippen MR) is 130 cm³/mol. The molecule has 2 aromatic heterocycles. The van der Waals surface area contributed by atoms with E-state index >= 15 is 0 Å². The minimum atomic E-state index is -1.06. The average Bonchev–Trinajstić information content (AvgIpc) is 3.07. The first-order valence-corrected chi connectivity index (χ1v) is 11.0. The molecule has 0 amide bonds. The lowest BCUT2D eigenvalue weighted by atomic mass is 10.0. The molecule has 0 saturated carbocycles. The molecule has 0 atom stereocenters. The van der Waals surface area contributed by atoms with Gasteiger partial charge in [-0.05, 0) is 30.7 Å². The summed E-state index contributed by atoms with van der Waals surface area (Å²) in [5.41, 5.74) is 2.61. The van der Waals surface area contributed by atoms with E-state index in [9.17, 15) is 19.1 Å². The molecule has 0 saturated heterocycles. The van der Waals surface area contributed by atoms with E-state index in [1.807, 2.05) is 30.3 Å². The number of carboxylic acids is 1. The molecule has 1 N–H and O–H groups in total. The molecule has 3 aromatic carbocycles. The number of benzene rings is 3. The lowest BCUT2D eigenvalue weighted by molar-refractivity contribution is -0.137. The van der Waals surface area contributed by atoms with E-state index in [0.29, 0.717) is 38.6 Å². The van der Waals surface area contributed by atoms with E-state index in [2.05, 4.69) is 0 Å². The van der Waals surface area contributed by atoms with Crippen LogP contribution in [0.1, 0.15) is 11.3 Å². The standard InChI is InChI=1S/C26H19ClFN3O3/c1-15-23(20-11-17(28)12-21(27)25(20)30(15)14-22(32)33)24-18-9-5-6-10-19(18)26(34)31(29-24)13-16-7-3-2-4-8-16/h2-12H,13-14H2,1H3,(H,32,33). The maximum atomic E-state index is 14.5. The highest BCUT2D eigenvalue weighted by Gasteiger charge is 2.24. The number of hydrogen-bond donors (Lipinski definition) is 1. The molecule has 0 aliphatic carbocycles. The van der Waals surface area contributed by atoms with Gasteiger partial charge in [0.1, 0.15) is 18.1 Å². The Morgan fingerprint density at radius 2 is 1.71 bits per heavy atom. The third-order valence-electron chi connectivity index (χ3n) is 5.91. The molecule has 5 aromatic rings. The number of aromatic nitrogens is 3. The minimum absolute atomic E-state index is 0.104. The maximum Gasteiger partial charge on any atom is 0.323 e. The SMILES string of the molecule is Cc1c(-c2nn(Cc3ccccc3)c(=O)c3ccccc23)c2cc(F)cc(Cl)c2n1CC(=O)O.